The molecule has 0 bridgehead atoms. The highest BCUT2D eigenvalue weighted by molar-refractivity contribution is 6.00. The van der Waals surface area contributed by atoms with E-state index < -0.39 is 5.97 Å². The Kier molecular flexibility index (Phi) is 4.85. The number of aromatic nitrogens is 1. The van der Waals surface area contributed by atoms with E-state index in [2.05, 4.69) is 4.57 Å². The third kappa shape index (κ3) is 3.43. The number of nitrogens with zero attached hydrogens (tertiary/aromatic N) is 1. The highest BCUT2D eigenvalue weighted by Crippen LogP contribution is 2.20. The van der Waals surface area contributed by atoms with E-state index in [0.29, 0.717) is 5.56 Å². The highest BCUT2D eigenvalue weighted by atomic mass is 16.5. The van der Waals surface area contributed by atoms with E-state index >= 15 is 0 Å². The van der Waals surface area contributed by atoms with Gasteiger partial charge in [-0.15, -0.1) is 0 Å². The van der Waals surface area contributed by atoms with Crippen LogP contribution in [0.5, 0.6) is 0 Å². The summed E-state index contributed by atoms with van der Waals surface area (Å²) in [5, 5.41) is 0. The van der Waals surface area contributed by atoms with Gasteiger partial charge in [-0.2, -0.15) is 0 Å². The average molecular weight is 331 g/mol. The summed E-state index contributed by atoms with van der Waals surface area (Å²) in [6, 6.07) is 4.94. The lowest BCUT2D eigenvalue weighted by Gasteiger charge is -2.14. The number of furan rings is 1. The minimum Gasteiger partial charge on any atom is -0.457 e. The van der Waals surface area contributed by atoms with Gasteiger partial charge >= 0.3 is 5.97 Å². The van der Waals surface area contributed by atoms with Gasteiger partial charge in [0.2, 0.25) is 11.5 Å². The monoisotopic (exact) mass is 331 g/mol. The van der Waals surface area contributed by atoms with Crippen molar-refractivity contribution in [3.63, 3.8) is 0 Å². The zero-order valence-electron chi connectivity index (χ0n) is 13.9. The molecular formula is C18H21NO5. The van der Waals surface area contributed by atoms with E-state index in [1.807, 2.05) is 19.9 Å². The van der Waals surface area contributed by atoms with Gasteiger partial charge in [0, 0.05) is 30.1 Å². The number of esters is 1. The summed E-state index contributed by atoms with van der Waals surface area (Å²) in [4.78, 5) is 24.1. The van der Waals surface area contributed by atoms with Crippen LogP contribution in [0.1, 0.15) is 45.1 Å². The van der Waals surface area contributed by atoms with Crippen LogP contribution in [0.25, 0.3) is 0 Å². The van der Waals surface area contributed by atoms with E-state index in [1.54, 1.807) is 6.07 Å². The fraction of sp³-hybridized carbons (Fsp3) is 0.444. The van der Waals surface area contributed by atoms with Gasteiger partial charge in [-0.05, 0) is 44.9 Å². The number of ketones is 1. The van der Waals surface area contributed by atoms with Crippen molar-refractivity contribution < 1.29 is 23.5 Å². The molecule has 1 aliphatic rings. The molecule has 0 saturated carbocycles. The van der Waals surface area contributed by atoms with E-state index in [9.17, 15) is 9.59 Å². The summed E-state index contributed by atoms with van der Waals surface area (Å²) in [5.74, 6) is -0.769. The molecule has 3 heterocycles. The van der Waals surface area contributed by atoms with Crippen LogP contribution in [0, 0.1) is 13.8 Å². The Morgan fingerprint density at radius 2 is 2.21 bits per heavy atom. The van der Waals surface area contributed by atoms with Gasteiger partial charge in [0.15, 0.2) is 6.61 Å². The molecule has 6 heteroatoms. The zero-order valence-corrected chi connectivity index (χ0v) is 13.9. The Bertz CT molecular complexity index is 723. The molecule has 0 spiro atoms. The molecular weight excluding hydrogens is 310 g/mol. The van der Waals surface area contributed by atoms with Crippen LogP contribution in [0.4, 0.5) is 0 Å². The molecule has 24 heavy (non-hydrogen) atoms. The van der Waals surface area contributed by atoms with E-state index in [1.165, 1.54) is 12.3 Å². The zero-order chi connectivity index (χ0) is 17.1. The number of carbonyl (C=O) groups excluding carboxylic acids is 2. The van der Waals surface area contributed by atoms with Crippen LogP contribution < -0.4 is 0 Å². The number of hydrogen-bond donors (Lipinski definition) is 0. The van der Waals surface area contributed by atoms with Crippen molar-refractivity contribution >= 4 is 11.8 Å². The number of carbonyl (C=O) groups is 2. The quantitative estimate of drug-likeness (QED) is 0.601. The van der Waals surface area contributed by atoms with E-state index in [4.69, 9.17) is 13.9 Å². The van der Waals surface area contributed by atoms with Crippen LogP contribution in [-0.2, 0) is 16.0 Å². The number of aryl methyl sites for hydroxylation is 1. The molecule has 1 aliphatic heterocycles. The van der Waals surface area contributed by atoms with Crippen LogP contribution in [0.3, 0.4) is 0 Å². The van der Waals surface area contributed by atoms with Gasteiger partial charge in [-0.3, -0.25) is 4.79 Å². The average Bonchev–Trinajstić information content (AvgIpc) is 3.30. The van der Waals surface area contributed by atoms with Crippen molar-refractivity contribution in [1.29, 1.82) is 0 Å². The van der Waals surface area contributed by atoms with Crippen molar-refractivity contribution in [2.75, 3.05) is 13.2 Å². The van der Waals surface area contributed by atoms with Crippen LogP contribution in [-0.4, -0.2) is 35.6 Å². The topological polar surface area (TPSA) is 70.7 Å². The van der Waals surface area contributed by atoms with Gasteiger partial charge in [0.05, 0.1) is 12.4 Å². The first kappa shape index (κ1) is 16.5. The fourth-order valence-corrected chi connectivity index (χ4v) is 3.03. The third-order valence-electron chi connectivity index (χ3n) is 4.34. The largest absolute Gasteiger partial charge is 0.457 e. The molecule has 1 atom stereocenters. The summed E-state index contributed by atoms with van der Waals surface area (Å²) in [6.45, 7) is 5.12. The molecule has 128 valence electrons. The van der Waals surface area contributed by atoms with Gasteiger partial charge < -0.3 is 18.5 Å². The van der Waals surface area contributed by atoms with Crippen molar-refractivity contribution in [3.8, 4) is 0 Å². The lowest BCUT2D eigenvalue weighted by atomic mass is 10.1. The van der Waals surface area contributed by atoms with Crippen molar-refractivity contribution in [2.24, 2.45) is 0 Å². The molecule has 1 unspecified atom stereocenters. The molecule has 3 rings (SSSR count). The summed E-state index contributed by atoms with van der Waals surface area (Å²) >= 11 is 0. The van der Waals surface area contributed by atoms with Gasteiger partial charge in [0.25, 0.3) is 0 Å². The second-order valence-corrected chi connectivity index (χ2v) is 6.01. The summed E-state index contributed by atoms with van der Waals surface area (Å²) in [5.41, 5.74) is 2.46. The third-order valence-corrected chi connectivity index (χ3v) is 4.34. The molecule has 0 aliphatic carbocycles. The first-order chi connectivity index (χ1) is 11.6. The van der Waals surface area contributed by atoms with Crippen LogP contribution in [0.15, 0.2) is 28.9 Å². The minimum atomic E-state index is -0.637. The molecule has 2 aromatic rings. The van der Waals surface area contributed by atoms with Gasteiger partial charge in [-0.25, -0.2) is 4.79 Å². The predicted molar refractivity (Wildman–Crippen MR) is 86.2 cm³/mol. The molecule has 1 saturated heterocycles. The lowest BCUT2D eigenvalue weighted by molar-refractivity contribution is 0.0443. The second kappa shape index (κ2) is 7.05. The van der Waals surface area contributed by atoms with Crippen LogP contribution in [0.2, 0.25) is 0 Å². The molecule has 0 aromatic carbocycles. The SMILES string of the molecule is Cc1cc(C(=O)COC(=O)c2ccco2)c(C)n1CC1CCCO1. The lowest BCUT2D eigenvalue weighted by Crippen LogP contribution is -2.18. The number of Topliss-reactive ketones (excluding diaryl/α,β-unsaturated/α-hetero) is 1. The number of ether oxygens (including phenoxy) is 2. The Morgan fingerprint density at radius 3 is 2.88 bits per heavy atom. The fourth-order valence-electron chi connectivity index (χ4n) is 3.03. The molecule has 6 nitrogen and oxygen atoms in total. The normalized spacial score (nSPS) is 17.2. The first-order valence-corrected chi connectivity index (χ1v) is 8.08. The summed E-state index contributed by atoms with van der Waals surface area (Å²) < 4.78 is 17.7. The maximum atomic E-state index is 12.4. The molecule has 0 amide bonds. The molecule has 2 aromatic heterocycles. The van der Waals surface area contributed by atoms with Crippen molar-refractivity contribution in [2.45, 2.75) is 39.3 Å². The standard InChI is InChI=1S/C18H21NO5/c1-12-9-15(13(2)19(12)10-14-5-3-7-22-14)16(20)11-24-18(21)17-6-4-8-23-17/h4,6,8-9,14H,3,5,7,10-11H2,1-2H3. The van der Waals surface area contributed by atoms with Crippen molar-refractivity contribution in [1.82, 2.24) is 4.57 Å². The summed E-state index contributed by atoms with van der Waals surface area (Å²) in [6.07, 6.45) is 3.71. The maximum Gasteiger partial charge on any atom is 0.374 e. The highest BCUT2D eigenvalue weighted by Gasteiger charge is 2.22. The molecule has 1 fully saturated rings. The second-order valence-electron chi connectivity index (χ2n) is 6.01. The Balaban J connectivity index is 1.65. The van der Waals surface area contributed by atoms with Gasteiger partial charge in [0.1, 0.15) is 0 Å². The predicted octanol–water partition coefficient (Wildman–Crippen LogP) is 2.92. The van der Waals surface area contributed by atoms with E-state index in [-0.39, 0.29) is 24.3 Å². The Morgan fingerprint density at radius 1 is 1.38 bits per heavy atom. The van der Waals surface area contributed by atoms with Crippen molar-refractivity contribution in [3.05, 3.63) is 47.2 Å². The number of rotatable bonds is 6. The maximum absolute atomic E-state index is 12.4. The Labute approximate surface area is 140 Å². The van der Waals surface area contributed by atoms with E-state index in [0.717, 1.165) is 37.4 Å². The Hall–Kier alpha value is -2.34. The minimum absolute atomic E-state index is 0.0895. The number of hydrogen-bond acceptors (Lipinski definition) is 5. The van der Waals surface area contributed by atoms with Crippen LogP contribution >= 0.6 is 0 Å². The van der Waals surface area contributed by atoms with Gasteiger partial charge in [-0.1, -0.05) is 0 Å². The smallest absolute Gasteiger partial charge is 0.374 e. The summed E-state index contributed by atoms with van der Waals surface area (Å²) in [7, 11) is 0. The molecule has 0 radical (unpaired) electrons. The first-order valence-electron chi connectivity index (χ1n) is 8.08. The molecule has 0 N–H and O–H groups in total.